The molecule has 3 aromatic carbocycles. The molecular formula is C29H20ClNO7. The van der Waals surface area contributed by atoms with Crippen LogP contribution in [0.4, 0.5) is 5.69 Å². The Bertz CT molecular complexity index is 1510. The summed E-state index contributed by atoms with van der Waals surface area (Å²) in [6.07, 6.45) is -1.07. The van der Waals surface area contributed by atoms with Crippen molar-refractivity contribution in [1.29, 1.82) is 0 Å². The first-order chi connectivity index (χ1) is 18.3. The summed E-state index contributed by atoms with van der Waals surface area (Å²) in [7, 11) is 0. The number of ether oxygens (including phenoxy) is 2. The van der Waals surface area contributed by atoms with Crippen molar-refractivity contribution in [3.8, 4) is 0 Å². The van der Waals surface area contributed by atoms with Crippen LogP contribution < -0.4 is 4.90 Å². The lowest BCUT2D eigenvalue weighted by atomic mass is 9.77. The molecule has 0 N–H and O–H groups in total. The number of carbonyl (C=O) groups excluding carboxylic acids is 5. The highest BCUT2D eigenvalue weighted by Crippen LogP contribution is 2.57. The van der Waals surface area contributed by atoms with Crippen molar-refractivity contribution in [2.24, 2.45) is 11.8 Å². The predicted octanol–water partition coefficient (Wildman–Crippen LogP) is 4.21. The zero-order valence-corrected chi connectivity index (χ0v) is 20.8. The van der Waals surface area contributed by atoms with Crippen LogP contribution in [0.1, 0.15) is 49.7 Å². The number of hydrogen-bond acceptors (Lipinski definition) is 7. The number of nitrogens with zero attached hydrogens (tertiary/aromatic N) is 1. The molecule has 3 aromatic rings. The molecule has 0 aromatic heterocycles. The Morgan fingerprint density at radius 2 is 1.58 bits per heavy atom. The van der Waals surface area contributed by atoms with Crippen molar-refractivity contribution >= 4 is 46.6 Å². The van der Waals surface area contributed by atoms with Crippen LogP contribution in [0.3, 0.4) is 0 Å². The van der Waals surface area contributed by atoms with Crippen LogP contribution in [0.15, 0.2) is 72.8 Å². The van der Waals surface area contributed by atoms with Gasteiger partial charge in [-0.15, -0.1) is 0 Å². The lowest BCUT2D eigenvalue weighted by Gasteiger charge is -2.27. The smallest absolute Gasteiger partial charge is 0.338 e. The third-order valence-corrected chi connectivity index (χ3v) is 7.57. The average molecular weight is 530 g/mol. The molecule has 8 nitrogen and oxygen atoms in total. The van der Waals surface area contributed by atoms with E-state index in [-0.39, 0.29) is 29.0 Å². The Kier molecular flexibility index (Phi) is 5.55. The van der Waals surface area contributed by atoms with Crippen molar-refractivity contribution in [2.45, 2.75) is 18.6 Å². The van der Waals surface area contributed by atoms with Crippen molar-refractivity contribution < 1.29 is 33.4 Å². The van der Waals surface area contributed by atoms with E-state index in [0.29, 0.717) is 10.6 Å². The zero-order chi connectivity index (χ0) is 26.8. The van der Waals surface area contributed by atoms with Gasteiger partial charge in [0.1, 0.15) is 0 Å². The predicted molar refractivity (Wildman–Crippen MR) is 135 cm³/mol. The highest BCUT2D eigenvalue weighted by atomic mass is 35.5. The van der Waals surface area contributed by atoms with E-state index in [0.717, 1.165) is 4.90 Å². The maximum absolute atomic E-state index is 14.0. The van der Waals surface area contributed by atoms with E-state index in [1.807, 2.05) is 0 Å². The first kappa shape index (κ1) is 24.2. The van der Waals surface area contributed by atoms with Crippen LogP contribution in [-0.2, 0) is 19.1 Å². The van der Waals surface area contributed by atoms with E-state index in [2.05, 4.69) is 0 Å². The number of rotatable bonds is 4. The van der Waals surface area contributed by atoms with Crippen LogP contribution in [0.2, 0.25) is 5.02 Å². The number of halogens is 1. The minimum absolute atomic E-state index is 0.153. The maximum Gasteiger partial charge on any atom is 0.338 e. The normalized spacial score (nSPS) is 23.2. The van der Waals surface area contributed by atoms with E-state index in [1.165, 1.54) is 36.4 Å². The van der Waals surface area contributed by atoms with Gasteiger partial charge >= 0.3 is 5.97 Å². The summed E-state index contributed by atoms with van der Waals surface area (Å²) in [6.45, 7) is 1.88. The molecule has 190 valence electrons. The third kappa shape index (κ3) is 3.23. The first-order valence-electron chi connectivity index (χ1n) is 12.1. The topological polar surface area (TPSA) is 107 Å². The molecule has 1 spiro atoms. The molecule has 3 aliphatic rings. The number of carbonyl (C=O) groups is 5. The van der Waals surface area contributed by atoms with E-state index < -0.39 is 52.9 Å². The molecule has 0 bridgehead atoms. The molecule has 2 heterocycles. The molecule has 38 heavy (non-hydrogen) atoms. The van der Waals surface area contributed by atoms with Gasteiger partial charge in [-0.1, -0.05) is 48.0 Å². The second-order valence-corrected chi connectivity index (χ2v) is 9.75. The Balaban J connectivity index is 1.47. The van der Waals surface area contributed by atoms with Gasteiger partial charge in [0, 0.05) is 16.1 Å². The second-order valence-electron chi connectivity index (χ2n) is 9.32. The van der Waals surface area contributed by atoms with E-state index in [9.17, 15) is 24.0 Å². The number of anilines is 1. The number of Topliss-reactive ketones (excluding diaryl/α,β-unsaturated/α-hetero) is 2. The van der Waals surface area contributed by atoms with E-state index >= 15 is 0 Å². The molecule has 9 heteroatoms. The van der Waals surface area contributed by atoms with Gasteiger partial charge in [-0.3, -0.25) is 19.2 Å². The Hall–Kier alpha value is -4.14. The minimum Gasteiger partial charge on any atom is -0.462 e. The highest BCUT2D eigenvalue weighted by molar-refractivity contribution is 6.37. The molecule has 2 aliphatic heterocycles. The molecule has 2 fully saturated rings. The molecule has 1 aliphatic carbocycles. The van der Waals surface area contributed by atoms with Gasteiger partial charge in [0.15, 0.2) is 0 Å². The van der Waals surface area contributed by atoms with Gasteiger partial charge < -0.3 is 9.47 Å². The van der Waals surface area contributed by atoms with Crippen molar-refractivity contribution in [3.05, 3.63) is 100 Å². The highest BCUT2D eigenvalue weighted by Gasteiger charge is 2.74. The fourth-order valence-electron chi connectivity index (χ4n) is 5.72. The zero-order valence-electron chi connectivity index (χ0n) is 20.1. The average Bonchev–Trinajstić information content (AvgIpc) is 3.49. The molecule has 2 saturated heterocycles. The third-order valence-electron chi connectivity index (χ3n) is 7.33. The molecule has 3 atom stereocenters. The summed E-state index contributed by atoms with van der Waals surface area (Å²) in [5.74, 6) is -5.67. The molecule has 0 radical (unpaired) electrons. The van der Waals surface area contributed by atoms with Crippen LogP contribution in [-0.4, -0.2) is 41.6 Å². The van der Waals surface area contributed by atoms with E-state index in [4.69, 9.17) is 21.1 Å². The first-order valence-corrected chi connectivity index (χ1v) is 12.4. The van der Waals surface area contributed by atoms with Crippen molar-refractivity contribution in [3.63, 3.8) is 0 Å². The monoisotopic (exact) mass is 529 g/mol. The van der Waals surface area contributed by atoms with E-state index in [1.54, 1.807) is 43.3 Å². The maximum atomic E-state index is 14.0. The van der Waals surface area contributed by atoms with Gasteiger partial charge in [0.25, 0.3) is 0 Å². The number of hydrogen-bond donors (Lipinski definition) is 0. The second kappa shape index (κ2) is 8.72. The number of benzene rings is 3. The number of amides is 2. The molecule has 2 amide bonds. The quantitative estimate of drug-likeness (QED) is 0.283. The van der Waals surface area contributed by atoms with Crippen LogP contribution in [0, 0.1) is 11.8 Å². The Morgan fingerprint density at radius 1 is 0.921 bits per heavy atom. The molecule has 6 rings (SSSR count). The fraction of sp³-hybridized carbons (Fsp3) is 0.207. The van der Waals surface area contributed by atoms with Crippen LogP contribution >= 0.6 is 11.6 Å². The fourth-order valence-corrected chi connectivity index (χ4v) is 5.92. The Morgan fingerprint density at radius 3 is 2.18 bits per heavy atom. The minimum atomic E-state index is -2.17. The summed E-state index contributed by atoms with van der Waals surface area (Å²) in [5.41, 5.74) is -0.934. The number of imide groups is 1. The summed E-state index contributed by atoms with van der Waals surface area (Å²) >= 11 is 6.21. The summed E-state index contributed by atoms with van der Waals surface area (Å²) < 4.78 is 11.2. The lowest BCUT2D eigenvalue weighted by Crippen LogP contribution is -2.51. The van der Waals surface area contributed by atoms with Crippen molar-refractivity contribution in [2.75, 3.05) is 11.5 Å². The number of fused-ring (bicyclic) bond motifs is 3. The van der Waals surface area contributed by atoms with Gasteiger partial charge in [-0.2, -0.15) is 0 Å². The van der Waals surface area contributed by atoms with Gasteiger partial charge in [-0.05, 0) is 48.9 Å². The molecule has 3 unspecified atom stereocenters. The number of ketones is 2. The van der Waals surface area contributed by atoms with Gasteiger partial charge in [0.2, 0.25) is 29.0 Å². The summed E-state index contributed by atoms with van der Waals surface area (Å²) in [5, 5.41) is 0.374. The van der Waals surface area contributed by atoms with Gasteiger partial charge in [-0.25, -0.2) is 9.69 Å². The summed E-state index contributed by atoms with van der Waals surface area (Å²) in [4.78, 5) is 68.5. The molecule has 0 saturated carbocycles. The standard InChI is InChI=1S/C29H20ClNO7/c1-2-37-28(36)15-10-12-18(13-11-15)31-26(34)21-22(27(31)35)29(38-23(21)16-6-5-7-17(30)14-16)24(32)19-8-3-4-9-20(19)25(29)33/h3-14,21-23H,2H2,1H3. The summed E-state index contributed by atoms with van der Waals surface area (Å²) in [6, 6.07) is 18.7. The van der Waals surface area contributed by atoms with Crippen LogP contribution in [0.5, 0.6) is 0 Å². The number of esters is 1. The SMILES string of the molecule is CCOC(=O)c1ccc(N2C(=O)C3C(c4cccc(Cl)c4)OC4(C(=O)c5ccccc5C4=O)C3C2=O)cc1. The van der Waals surface area contributed by atoms with Crippen molar-refractivity contribution in [1.82, 2.24) is 0 Å². The Labute approximate surface area is 222 Å². The van der Waals surface area contributed by atoms with Crippen LogP contribution in [0.25, 0.3) is 0 Å². The lowest BCUT2D eigenvalue weighted by molar-refractivity contribution is -0.127. The largest absolute Gasteiger partial charge is 0.462 e. The van der Waals surface area contributed by atoms with Gasteiger partial charge in [0.05, 0.1) is 35.8 Å². The molecular weight excluding hydrogens is 510 g/mol.